The normalized spacial score (nSPS) is 18.7. The van der Waals surface area contributed by atoms with Crippen LogP contribution in [0.2, 0.25) is 0 Å². The zero-order valence-electron chi connectivity index (χ0n) is 11.5. The Labute approximate surface area is 109 Å². The number of methoxy groups -OCH3 is 1. The van der Waals surface area contributed by atoms with Crippen LogP contribution >= 0.6 is 0 Å². The third-order valence-electron chi connectivity index (χ3n) is 3.97. The first kappa shape index (κ1) is 13.2. The highest BCUT2D eigenvalue weighted by molar-refractivity contribution is 5.49. The van der Waals surface area contributed by atoms with Gasteiger partial charge in [0.25, 0.3) is 0 Å². The molecule has 1 atom stereocenters. The monoisotopic (exact) mass is 251 g/mol. The van der Waals surface area contributed by atoms with Crippen LogP contribution in [0.4, 0.5) is 5.69 Å². The van der Waals surface area contributed by atoms with Gasteiger partial charge in [0.15, 0.2) is 0 Å². The number of quaternary nitrogens is 2. The minimum atomic E-state index is 0.683. The summed E-state index contributed by atoms with van der Waals surface area (Å²) in [6.07, 6.45) is 0. The molecule has 1 aliphatic rings. The maximum atomic E-state index is 5.19. The predicted molar refractivity (Wildman–Crippen MR) is 73.1 cm³/mol. The fourth-order valence-electron chi connectivity index (χ4n) is 2.54. The van der Waals surface area contributed by atoms with Crippen LogP contribution in [0.3, 0.4) is 0 Å². The molecule has 100 valence electrons. The zero-order chi connectivity index (χ0) is 13.0. The molecule has 1 heterocycles. The second-order valence-electron chi connectivity index (χ2n) is 5.03. The molecule has 0 aromatic heterocycles. The van der Waals surface area contributed by atoms with Crippen LogP contribution in [-0.4, -0.2) is 45.9 Å². The van der Waals surface area contributed by atoms with Gasteiger partial charge in [0.1, 0.15) is 18.3 Å². The Bertz CT molecular complexity index is 358. The summed E-state index contributed by atoms with van der Waals surface area (Å²) in [5, 5.41) is 0. The Kier molecular flexibility index (Phi) is 4.44. The average molecular weight is 251 g/mol. The summed E-state index contributed by atoms with van der Waals surface area (Å²) in [4.78, 5) is 4.15. The molecule has 0 radical (unpaired) electrons. The van der Waals surface area contributed by atoms with Crippen molar-refractivity contribution in [2.45, 2.75) is 13.0 Å². The third kappa shape index (κ3) is 2.94. The minimum absolute atomic E-state index is 0.683. The fraction of sp³-hybridized carbons (Fsp3) is 0.571. The molecule has 4 heteroatoms. The van der Waals surface area contributed by atoms with Gasteiger partial charge in [-0.25, -0.2) is 0 Å². The van der Waals surface area contributed by atoms with E-state index in [9.17, 15) is 0 Å². The van der Waals surface area contributed by atoms with Crippen molar-refractivity contribution in [3.8, 4) is 5.75 Å². The summed E-state index contributed by atoms with van der Waals surface area (Å²) >= 11 is 0. The molecule has 0 aliphatic carbocycles. The van der Waals surface area contributed by atoms with Crippen LogP contribution in [0.1, 0.15) is 6.92 Å². The van der Waals surface area contributed by atoms with Gasteiger partial charge in [0.05, 0.1) is 33.3 Å². The van der Waals surface area contributed by atoms with Gasteiger partial charge in [0.2, 0.25) is 0 Å². The number of ether oxygens (including phenoxy) is 1. The number of benzene rings is 1. The van der Waals surface area contributed by atoms with Gasteiger partial charge in [0, 0.05) is 5.69 Å². The van der Waals surface area contributed by atoms with E-state index in [2.05, 4.69) is 29.7 Å². The first-order valence-electron chi connectivity index (χ1n) is 6.77. The molecule has 0 amide bonds. The van der Waals surface area contributed by atoms with E-state index in [1.807, 2.05) is 12.1 Å². The van der Waals surface area contributed by atoms with Crippen LogP contribution < -0.4 is 20.3 Å². The number of nitrogens with one attached hydrogen (secondary N) is 1. The second-order valence-corrected chi connectivity index (χ2v) is 5.03. The first-order chi connectivity index (χ1) is 8.74. The molecular formula is C14H25N3O+2. The van der Waals surface area contributed by atoms with E-state index in [1.54, 1.807) is 12.0 Å². The van der Waals surface area contributed by atoms with Gasteiger partial charge in [-0.2, -0.15) is 0 Å². The lowest BCUT2D eigenvalue weighted by molar-refractivity contribution is -0.929. The van der Waals surface area contributed by atoms with Gasteiger partial charge in [-0.15, -0.1) is 0 Å². The topological polar surface area (TPSA) is 44.5 Å². The summed E-state index contributed by atoms with van der Waals surface area (Å²) in [5.41, 5.74) is 5.31. The van der Waals surface area contributed by atoms with Crippen molar-refractivity contribution in [1.82, 2.24) is 0 Å². The molecule has 1 fully saturated rings. The van der Waals surface area contributed by atoms with Crippen molar-refractivity contribution < 1.29 is 15.4 Å². The highest BCUT2D eigenvalue weighted by atomic mass is 16.5. The van der Waals surface area contributed by atoms with Crippen LogP contribution in [0.15, 0.2) is 24.3 Å². The van der Waals surface area contributed by atoms with E-state index in [0.29, 0.717) is 6.04 Å². The molecule has 1 saturated heterocycles. The molecule has 0 saturated carbocycles. The van der Waals surface area contributed by atoms with E-state index in [0.717, 1.165) is 25.4 Å². The first-order valence-corrected chi connectivity index (χ1v) is 6.77. The highest BCUT2D eigenvalue weighted by Gasteiger charge is 2.24. The van der Waals surface area contributed by atoms with Crippen molar-refractivity contribution >= 4 is 5.69 Å². The molecule has 2 rings (SSSR count). The largest absolute Gasteiger partial charge is 0.497 e. The minimum Gasteiger partial charge on any atom is -0.497 e. The van der Waals surface area contributed by atoms with Crippen LogP contribution in [-0.2, 0) is 0 Å². The van der Waals surface area contributed by atoms with E-state index in [-0.39, 0.29) is 0 Å². The SMILES string of the molecule is COc1ccc(N2CC[NH+]([C@H](C)C[NH3+])CC2)cc1. The number of rotatable bonds is 4. The molecule has 0 spiro atoms. The summed E-state index contributed by atoms with van der Waals surface area (Å²) in [5.74, 6) is 0.925. The number of piperazine rings is 1. The number of hydrogen-bond acceptors (Lipinski definition) is 2. The lowest BCUT2D eigenvalue weighted by Gasteiger charge is -2.35. The van der Waals surface area contributed by atoms with Gasteiger partial charge in [-0.05, 0) is 31.2 Å². The molecule has 18 heavy (non-hydrogen) atoms. The molecule has 4 N–H and O–H groups in total. The van der Waals surface area contributed by atoms with Gasteiger partial charge in [-0.1, -0.05) is 0 Å². The Morgan fingerprint density at radius 2 is 1.89 bits per heavy atom. The molecule has 1 aromatic carbocycles. The number of hydrogen-bond donors (Lipinski definition) is 2. The van der Waals surface area contributed by atoms with Gasteiger partial charge < -0.3 is 20.3 Å². The van der Waals surface area contributed by atoms with Crippen molar-refractivity contribution in [1.29, 1.82) is 0 Å². The zero-order valence-corrected chi connectivity index (χ0v) is 11.5. The maximum Gasteiger partial charge on any atom is 0.134 e. The second kappa shape index (κ2) is 6.07. The average Bonchev–Trinajstić information content (AvgIpc) is 2.47. The quantitative estimate of drug-likeness (QED) is 0.723. The van der Waals surface area contributed by atoms with E-state index >= 15 is 0 Å². The smallest absolute Gasteiger partial charge is 0.134 e. The van der Waals surface area contributed by atoms with Crippen molar-refractivity contribution in [2.75, 3.05) is 44.7 Å². The summed E-state index contributed by atoms with van der Waals surface area (Å²) < 4.78 is 5.19. The molecule has 1 aliphatic heterocycles. The van der Waals surface area contributed by atoms with Crippen molar-refractivity contribution in [3.63, 3.8) is 0 Å². The van der Waals surface area contributed by atoms with E-state index < -0.39 is 0 Å². The van der Waals surface area contributed by atoms with Gasteiger partial charge >= 0.3 is 0 Å². The van der Waals surface area contributed by atoms with E-state index in [1.165, 1.54) is 18.8 Å². The summed E-state index contributed by atoms with van der Waals surface area (Å²) in [7, 11) is 1.71. The molecule has 0 unspecified atom stereocenters. The molecular weight excluding hydrogens is 226 g/mol. The Hall–Kier alpha value is -1.26. The Morgan fingerprint density at radius 3 is 2.39 bits per heavy atom. The maximum absolute atomic E-state index is 5.19. The van der Waals surface area contributed by atoms with Crippen molar-refractivity contribution in [2.24, 2.45) is 0 Å². The van der Waals surface area contributed by atoms with Crippen LogP contribution in [0, 0.1) is 0 Å². The highest BCUT2D eigenvalue weighted by Crippen LogP contribution is 2.18. The lowest BCUT2D eigenvalue weighted by atomic mass is 10.2. The summed E-state index contributed by atoms with van der Waals surface area (Å²) in [6, 6.07) is 9.05. The van der Waals surface area contributed by atoms with Gasteiger partial charge in [-0.3, -0.25) is 0 Å². The Morgan fingerprint density at radius 1 is 1.28 bits per heavy atom. The number of nitrogens with zero attached hydrogens (tertiary/aromatic N) is 1. The summed E-state index contributed by atoms with van der Waals surface area (Å²) in [6.45, 7) is 8.01. The molecule has 1 aromatic rings. The van der Waals surface area contributed by atoms with Crippen LogP contribution in [0.5, 0.6) is 5.75 Å². The lowest BCUT2D eigenvalue weighted by Crippen LogP contribution is -3.19. The molecule has 0 bridgehead atoms. The molecule has 4 nitrogen and oxygen atoms in total. The Balaban J connectivity index is 1.92. The van der Waals surface area contributed by atoms with Crippen LogP contribution in [0.25, 0.3) is 0 Å². The standard InChI is InChI=1S/C14H23N3O/c1-12(11-15)16-7-9-17(10-8-16)13-3-5-14(18-2)6-4-13/h3-6,12H,7-11,15H2,1-2H3/p+2/t12-/m1/s1. The van der Waals surface area contributed by atoms with E-state index in [4.69, 9.17) is 4.74 Å². The predicted octanol–water partition coefficient (Wildman–Crippen LogP) is -0.969. The number of anilines is 1. The third-order valence-corrected chi connectivity index (χ3v) is 3.97. The van der Waals surface area contributed by atoms with Crippen molar-refractivity contribution in [3.05, 3.63) is 24.3 Å². The fourth-order valence-corrected chi connectivity index (χ4v) is 2.54.